The molecule has 3 aromatic carbocycles. The molecule has 5 rings (SSSR count). The van der Waals surface area contributed by atoms with Gasteiger partial charge in [-0.1, -0.05) is 61.9 Å². The second-order valence-corrected chi connectivity index (χ2v) is 10.3. The third-order valence-corrected chi connectivity index (χ3v) is 7.84. The maximum atomic E-state index is 13.7. The molecule has 2 aliphatic heterocycles. The first-order chi connectivity index (χ1) is 20.0. The zero-order chi connectivity index (χ0) is 28.8. The van der Waals surface area contributed by atoms with Gasteiger partial charge in [0.15, 0.2) is 11.5 Å². The minimum atomic E-state index is -0.565. The summed E-state index contributed by atoms with van der Waals surface area (Å²) in [5.74, 6) is 0.621. The molecule has 0 radical (unpaired) electrons. The molecule has 216 valence electrons. The third-order valence-electron chi connectivity index (χ3n) is 7.84. The SMILES string of the molecule is CCC[C@H](C(=O)OCc1ccccc1)N1CC(c2ccc3c(c2)OCO3)C(C(=O)OCC)C1c1ccc(OC)cc1. The number of hydrogen-bond acceptors (Lipinski definition) is 8. The quantitative estimate of drug-likeness (QED) is 0.279. The van der Waals surface area contributed by atoms with Crippen LogP contribution in [0.4, 0.5) is 0 Å². The second kappa shape index (κ2) is 13.1. The second-order valence-electron chi connectivity index (χ2n) is 10.3. The number of nitrogens with zero attached hydrogens (tertiary/aromatic N) is 1. The van der Waals surface area contributed by atoms with Crippen LogP contribution in [-0.4, -0.2) is 49.9 Å². The van der Waals surface area contributed by atoms with E-state index in [9.17, 15) is 9.59 Å². The van der Waals surface area contributed by atoms with E-state index in [1.165, 1.54) is 0 Å². The summed E-state index contributed by atoms with van der Waals surface area (Å²) in [5.41, 5.74) is 2.76. The number of benzene rings is 3. The van der Waals surface area contributed by atoms with Crippen molar-refractivity contribution in [2.75, 3.05) is 27.1 Å². The summed E-state index contributed by atoms with van der Waals surface area (Å²) in [4.78, 5) is 29.6. The van der Waals surface area contributed by atoms with Crippen molar-refractivity contribution in [1.29, 1.82) is 0 Å². The lowest BCUT2D eigenvalue weighted by atomic mass is 9.82. The lowest BCUT2D eigenvalue weighted by Gasteiger charge is -2.33. The number of fused-ring (bicyclic) bond motifs is 1. The Morgan fingerprint density at radius 2 is 1.66 bits per heavy atom. The van der Waals surface area contributed by atoms with Gasteiger partial charge in [0.05, 0.1) is 19.6 Å². The van der Waals surface area contributed by atoms with Crippen LogP contribution in [0.15, 0.2) is 72.8 Å². The highest BCUT2D eigenvalue weighted by Gasteiger charge is 2.51. The standard InChI is InChI=1S/C33H37NO7/c1-4-9-27(32(35)39-20-22-10-7-6-8-11-22)34-19-26(24-14-17-28-29(18-24)41-21-40-28)30(33(36)38-5-2)31(34)23-12-15-25(37-3)16-13-23/h6-8,10-18,26-27,30-31H,4-5,9,19-21H2,1-3H3/t26?,27-,30?,31?/m1/s1. The fourth-order valence-corrected chi connectivity index (χ4v) is 5.91. The zero-order valence-electron chi connectivity index (χ0n) is 23.8. The summed E-state index contributed by atoms with van der Waals surface area (Å²) in [7, 11) is 1.62. The highest BCUT2D eigenvalue weighted by Crippen LogP contribution is 2.49. The first-order valence-electron chi connectivity index (χ1n) is 14.2. The van der Waals surface area contributed by atoms with Gasteiger partial charge in [-0.25, -0.2) is 0 Å². The predicted molar refractivity (Wildman–Crippen MR) is 153 cm³/mol. The molecule has 3 unspecified atom stereocenters. The summed E-state index contributed by atoms with van der Waals surface area (Å²) in [6, 6.07) is 22.2. The van der Waals surface area contributed by atoms with Crippen LogP contribution in [0.5, 0.6) is 17.2 Å². The molecule has 0 spiro atoms. The smallest absolute Gasteiger partial charge is 0.323 e. The molecule has 0 amide bonds. The van der Waals surface area contributed by atoms with E-state index in [1.54, 1.807) is 7.11 Å². The van der Waals surface area contributed by atoms with E-state index in [0.29, 0.717) is 30.2 Å². The van der Waals surface area contributed by atoms with Crippen LogP contribution in [0.1, 0.15) is 55.3 Å². The summed E-state index contributed by atoms with van der Waals surface area (Å²) in [6.07, 6.45) is 1.36. The fraction of sp³-hybridized carbons (Fsp3) is 0.394. The Bertz CT molecular complexity index is 1330. The average molecular weight is 560 g/mol. The van der Waals surface area contributed by atoms with Crippen LogP contribution in [0.3, 0.4) is 0 Å². The van der Waals surface area contributed by atoms with E-state index >= 15 is 0 Å². The molecule has 41 heavy (non-hydrogen) atoms. The van der Waals surface area contributed by atoms with Crippen LogP contribution in [0.2, 0.25) is 0 Å². The highest BCUT2D eigenvalue weighted by atomic mass is 16.7. The number of hydrogen-bond donors (Lipinski definition) is 0. The van der Waals surface area contributed by atoms with Gasteiger partial charge in [0.1, 0.15) is 18.4 Å². The third kappa shape index (κ3) is 6.17. The van der Waals surface area contributed by atoms with Gasteiger partial charge in [-0.3, -0.25) is 14.5 Å². The van der Waals surface area contributed by atoms with Crippen molar-refractivity contribution in [2.45, 2.75) is 51.3 Å². The maximum Gasteiger partial charge on any atom is 0.323 e. The van der Waals surface area contributed by atoms with Gasteiger partial charge < -0.3 is 23.7 Å². The van der Waals surface area contributed by atoms with E-state index in [2.05, 4.69) is 4.90 Å². The minimum absolute atomic E-state index is 0.164. The Balaban J connectivity index is 1.54. The van der Waals surface area contributed by atoms with Crippen LogP contribution in [0, 0.1) is 5.92 Å². The zero-order valence-corrected chi connectivity index (χ0v) is 23.8. The van der Waals surface area contributed by atoms with Crippen LogP contribution >= 0.6 is 0 Å². The molecule has 0 bridgehead atoms. The monoisotopic (exact) mass is 559 g/mol. The maximum absolute atomic E-state index is 13.7. The number of methoxy groups -OCH3 is 1. The van der Waals surface area contributed by atoms with Crippen LogP contribution in [-0.2, 0) is 25.7 Å². The number of rotatable bonds is 11. The molecular weight excluding hydrogens is 522 g/mol. The molecular formula is C33H37NO7. The summed E-state index contributed by atoms with van der Waals surface area (Å²) in [5, 5.41) is 0. The van der Waals surface area contributed by atoms with Crippen molar-refractivity contribution in [3.8, 4) is 17.2 Å². The Hall–Kier alpha value is -4.04. The normalized spacial score (nSPS) is 20.4. The van der Waals surface area contributed by atoms with Crippen molar-refractivity contribution in [3.05, 3.63) is 89.5 Å². The Morgan fingerprint density at radius 3 is 2.37 bits per heavy atom. The molecule has 3 aromatic rings. The van der Waals surface area contributed by atoms with Crippen molar-refractivity contribution >= 4 is 11.9 Å². The summed E-state index contributed by atoms with van der Waals surface area (Å²) in [6.45, 7) is 4.93. The lowest BCUT2D eigenvalue weighted by molar-refractivity contribution is -0.155. The first-order valence-corrected chi connectivity index (χ1v) is 14.2. The summed E-state index contributed by atoms with van der Waals surface area (Å²) < 4.78 is 28.1. The molecule has 8 nitrogen and oxygen atoms in total. The van der Waals surface area contributed by atoms with E-state index < -0.39 is 18.0 Å². The highest BCUT2D eigenvalue weighted by molar-refractivity contribution is 5.78. The predicted octanol–water partition coefficient (Wildman–Crippen LogP) is 5.66. The minimum Gasteiger partial charge on any atom is -0.497 e. The van der Waals surface area contributed by atoms with Gasteiger partial charge in [-0.05, 0) is 54.3 Å². The molecule has 0 aliphatic carbocycles. The number of esters is 2. The number of ether oxygens (including phenoxy) is 5. The molecule has 0 N–H and O–H groups in total. The molecule has 1 saturated heterocycles. The average Bonchev–Trinajstić information content (AvgIpc) is 3.64. The molecule has 2 aliphatic rings. The van der Waals surface area contributed by atoms with Gasteiger partial charge in [-0.15, -0.1) is 0 Å². The first kappa shape index (κ1) is 28.5. The van der Waals surface area contributed by atoms with E-state index in [-0.39, 0.29) is 37.9 Å². The van der Waals surface area contributed by atoms with Gasteiger partial charge >= 0.3 is 11.9 Å². The summed E-state index contributed by atoms with van der Waals surface area (Å²) >= 11 is 0. The number of carbonyl (C=O) groups excluding carboxylic acids is 2. The lowest BCUT2D eigenvalue weighted by Crippen LogP contribution is -2.43. The number of likely N-dealkylation sites (tertiary alicyclic amines) is 1. The number of carbonyl (C=O) groups is 2. The fourth-order valence-electron chi connectivity index (χ4n) is 5.91. The van der Waals surface area contributed by atoms with Gasteiger partial charge in [0.2, 0.25) is 6.79 Å². The Labute approximate surface area is 241 Å². The van der Waals surface area contributed by atoms with Crippen molar-refractivity contribution < 1.29 is 33.3 Å². The Kier molecular flexibility index (Phi) is 9.09. The molecule has 8 heteroatoms. The largest absolute Gasteiger partial charge is 0.497 e. The van der Waals surface area contributed by atoms with Crippen molar-refractivity contribution in [2.24, 2.45) is 5.92 Å². The Morgan fingerprint density at radius 1 is 0.927 bits per heavy atom. The molecule has 0 saturated carbocycles. The van der Waals surface area contributed by atoms with Gasteiger partial charge in [-0.2, -0.15) is 0 Å². The topological polar surface area (TPSA) is 83.5 Å². The molecule has 0 aromatic heterocycles. The van der Waals surface area contributed by atoms with E-state index in [1.807, 2.05) is 86.6 Å². The molecule has 2 heterocycles. The van der Waals surface area contributed by atoms with Gasteiger partial charge in [0, 0.05) is 18.5 Å². The van der Waals surface area contributed by atoms with Crippen molar-refractivity contribution in [3.63, 3.8) is 0 Å². The van der Waals surface area contributed by atoms with Crippen LogP contribution < -0.4 is 14.2 Å². The van der Waals surface area contributed by atoms with Crippen molar-refractivity contribution in [1.82, 2.24) is 4.90 Å². The molecule has 1 fully saturated rings. The van der Waals surface area contributed by atoms with E-state index in [4.69, 9.17) is 23.7 Å². The molecule has 4 atom stereocenters. The van der Waals surface area contributed by atoms with Gasteiger partial charge in [0.25, 0.3) is 0 Å². The van der Waals surface area contributed by atoms with Crippen LogP contribution in [0.25, 0.3) is 0 Å². The van der Waals surface area contributed by atoms with E-state index in [0.717, 1.165) is 23.1 Å².